The molecule has 1 aliphatic heterocycles. The molecule has 1 saturated heterocycles. The van der Waals surface area contributed by atoms with E-state index in [1.165, 1.54) is 5.56 Å². The summed E-state index contributed by atoms with van der Waals surface area (Å²) in [6.07, 6.45) is 7.07. The average Bonchev–Trinajstić information content (AvgIpc) is 3.25. The van der Waals surface area contributed by atoms with Gasteiger partial charge in [0.15, 0.2) is 0 Å². The number of likely N-dealkylation sites (tertiary alicyclic amines) is 1. The normalized spacial score (nSPS) is 16.6. The minimum Gasteiger partial charge on any atom is -0.355 e. The first-order valence-corrected chi connectivity index (χ1v) is 10.1. The lowest BCUT2D eigenvalue weighted by Crippen LogP contribution is -2.39. The van der Waals surface area contributed by atoms with Crippen LogP contribution in [-0.4, -0.2) is 50.6 Å². The van der Waals surface area contributed by atoms with Crippen molar-refractivity contribution in [1.29, 1.82) is 0 Å². The number of rotatable bonds is 5. The van der Waals surface area contributed by atoms with Gasteiger partial charge < -0.3 is 10.2 Å². The number of aryl methyl sites for hydroxylation is 1. The Kier molecular flexibility index (Phi) is 5.55. The molecular weight excluding hydrogens is 364 g/mol. The van der Waals surface area contributed by atoms with Crippen LogP contribution in [-0.2, 0) is 0 Å². The smallest absolute Gasteiger partial charge is 0.257 e. The number of H-pyrrole nitrogens is 1. The largest absolute Gasteiger partial charge is 0.355 e. The van der Waals surface area contributed by atoms with Crippen LogP contribution in [0.4, 0.5) is 5.95 Å². The summed E-state index contributed by atoms with van der Waals surface area (Å²) in [6, 6.07) is 8.47. The van der Waals surface area contributed by atoms with Crippen molar-refractivity contribution in [3.63, 3.8) is 0 Å². The summed E-state index contributed by atoms with van der Waals surface area (Å²) in [6.45, 7) is 6.22. The fourth-order valence-electron chi connectivity index (χ4n) is 3.84. The van der Waals surface area contributed by atoms with E-state index in [-0.39, 0.29) is 11.8 Å². The number of anilines is 1. The lowest BCUT2D eigenvalue weighted by molar-refractivity contribution is 0.0705. The van der Waals surface area contributed by atoms with E-state index in [9.17, 15) is 4.79 Å². The fraction of sp³-hybridized carbons (Fsp3) is 0.364. The molecule has 1 fully saturated rings. The fourth-order valence-corrected chi connectivity index (χ4v) is 3.84. The SMILES string of the molecule is CCNc1ncc(C(=O)N2CCC[C@@H](c3[nH]ncc3-c3ccc(C)cc3)C2)cn1. The Morgan fingerprint density at radius 3 is 2.69 bits per heavy atom. The molecule has 1 aliphatic rings. The molecule has 1 aromatic carbocycles. The van der Waals surface area contributed by atoms with Crippen molar-refractivity contribution in [2.75, 3.05) is 25.0 Å². The topological polar surface area (TPSA) is 86.8 Å². The molecule has 0 bridgehead atoms. The second kappa shape index (κ2) is 8.43. The highest BCUT2D eigenvalue weighted by molar-refractivity contribution is 5.93. The van der Waals surface area contributed by atoms with Crippen molar-refractivity contribution in [1.82, 2.24) is 25.1 Å². The van der Waals surface area contributed by atoms with Gasteiger partial charge in [0.25, 0.3) is 5.91 Å². The maximum atomic E-state index is 13.0. The number of nitrogens with zero attached hydrogens (tertiary/aromatic N) is 4. The summed E-state index contributed by atoms with van der Waals surface area (Å²) in [5.41, 5.74) is 5.12. The molecule has 4 rings (SSSR count). The molecule has 1 amide bonds. The zero-order valence-corrected chi connectivity index (χ0v) is 16.9. The molecule has 0 saturated carbocycles. The van der Waals surface area contributed by atoms with Crippen molar-refractivity contribution in [3.8, 4) is 11.1 Å². The van der Waals surface area contributed by atoms with E-state index < -0.39 is 0 Å². The van der Waals surface area contributed by atoms with Crippen LogP contribution in [0.1, 0.15) is 47.3 Å². The van der Waals surface area contributed by atoms with Gasteiger partial charge in [-0.05, 0) is 32.3 Å². The van der Waals surface area contributed by atoms with Crippen LogP contribution in [0.2, 0.25) is 0 Å². The third-order valence-corrected chi connectivity index (χ3v) is 5.38. The van der Waals surface area contributed by atoms with Gasteiger partial charge in [0.2, 0.25) is 5.95 Å². The molecular formula is C22H26N6O. The van der Waals surface area contributed by atoms with Crippen LogP contribution < -0.4 is 5.32 Å². The van der Waals surface area contributed by atoms with Crippen molar-refractivity contribution >= 4 is 11.9 Å². The molecule has 29 heavy (non-hydrogen) atoms. The van der Waals surface area contributed by atoms with Gasteiger partial charge in [-0.15, -0.1) is 0 Å². The second-order valence-corrected chi connectivity index (χ2v) is 7.48. The molecule has 7 heteroatoms. The van der Waals surface area contributed by atoms with Crippen LogP contribution in [0.15, 0.2) is 42.9 Å². The van der Waals surface area contributed by atoms with Crippen LogP contribution in [0.5, 0.6) is 0 Å². The van der Waals surface area contributed by atoms with Gasteiger partial charge in [0, 0.05) is 49.2 Å². The van der Waals surface area contributed by atoms with E-state index in [0.29, 0.717) is 18.1 Å². The minimum atomic E-state index is -0.0193. The number of hydrogen-bond donors (Lipinski definition) is 2. The zero-order chi connectivity index (χ0) is 20.2. The predicted molar refractivity (Wildman–Crippen MR) is 113 cm³/mol. The first kappa shape index (κ1) is 19.1. The molecule has 7 nitrogen and oxygen atoms in total. The Hall–Kier alpha value is -3.22. The highest BCUT2D eigenvalue weighted by Crippen LogP contribution is 2.33. The minimum absolute atomic E-state index is 0.0193. The van der Waals surface area contributed by atoms with E-state index in [1.807, 2.05) is 18.0 Å². The Morgan fingerprint density at radius 2 is 1.97 bits per heavy atom. The maximum absolute atomic E-state index is 13.0. The molecule has 0 aliphatic carbocycles. The van der Waals surface area contributed by atoms with Crippen molar-refractivity contribution in [2.45, 2.75) is 32.6 Å². The summed E-state index contributed by atoms with van der Waals surface area (Å²) in [5, 5.41) is 10.5. The van der Waals surface area contributed by atoms with Crippen LogP contribution in [0, 0.1) is 6.92 Å². The van der Waals surface area contributed by atoms with Gasteiger partial charge >= 0.3 is 0 Å². The van der Waals surface area contributed by atoms with Crippen LogP contribution >= 0.6 is 0 Å². The van der Waals surface area contributed by atoms with Crippen molar-refractivity contribution < 1.29 is 4.79 Å². The Balaban J connectivity index is 1.51. The molecule has 1 atom stereocenters. The number of carbonyl (C=O) groups excluding carboxylic acids is 1. The van der Waals surface area contributed by atoms with Gasteiger partial charge in [-0.1, -0.05) is 29.8 Å². The van der Waals surface area contributed by atoms with Gasteiger partial charge in [-0.25, -0.2) is 9.97 Å². The first-order valence-electron chi connectivity index (χ1n) is 10.1. The lowest BCUT2D eigenvalue weighted by atomic mass is 9.90. The number of piperidine rings is 1. The second-order valence-electron chi connectivity index (χ2n) is 7.48. The van der Waals surface area contributed by atoms with Crippen LogP contribution in [0.3, 0.4) is 0 Å². The molecule has 0 spiro atoms. The highest BCUT2D eigenvalue weighted by atomic mass is 16.2. The summed E-state index contributed by atoms with van der Waals surface area (Å²) in [5.74, 6) is 0.753. The summed E-state index contributed by atoms with van der Waals surface area (Å²) in [4.78, 5) is 23.3. The molecule has 2 aromatic heterocycles. The highest BCUT2D eigenvalue weighted by Gasteiger charge is 2.28. The van der Waals surface area contributed by atoms with E-state index in [4.69, 9.17) is 0 Å². The number of aromatic amines is 1. The van der Waals surface area contributed by atoms with E-state index >= 15 is 0 Å². The van der Waals surface area contributed by atoms with E-state index in [0.717, 1.165) is 42.8 Å². The lowest BCUT2D eigenvalue weighted by Gasteiger charge is -2.32. The molecule has 3 aromatic rings. The average molecular weight is 390 g/mol. The Labute approximate surface area is 170 Å². The van der Waals surface area contributed by atoms with Gasteiger partial charge in [-0.2, -0.15) is 5.10 Å². The maximum Gasteiger partial charge on any atom is 0.257 e. The van der Waals surface area contributed by atoms with Gasteiger partial charge in [-0.3, -0.25) is 9.89 Å². The molecule has 0 unspecified atom stereocenters. The number of amides is 1. The monoisotopic (exact) mass is 390 g/mol. The number of nitrogens with one attached hydrogen (secondary N) is 2. The quantitative estimate of drug-likeness (QED) is 0.695. The standard InChI is InChI=1S/C22H26N6O/c1-3-23-22-24-11-18(12-25-22)21(29)28-10-4-5-17(14-28)20-19(13-26-27-20)16-8-6-15(2)7-9-16/h6-9,11-13,17H,3-5,10,14H2,1-2H3,(H,26,27)(H,23,24,25)/t17-/m1/s1. The molecule has 150 valence electrons. The van der Waals surface area contributed by atoms with Crippen molar-refractivity contribution in [3.05, 3.63) is 59.7 Å². The zero-order valence-electron chi connectivity index (χ0n) is 16.9. The predicted octanol–water partition coefficient (Wildman–Crippen LogP) is 3.63. The third-order valence-electron chi connectivity index (χ3n) is 5.38. The molecule has 2 N–H and O–H groups in total. The van der Waals surface area contributed by atoms with Crippen molar-refractivity contribution in [2.24, 2.45) is 0 Å². The molecule has 0 radical (unpaired) electrons. The van der Waals surface area contributed by atoms with E-state index in [1.54, 1.807) is 12.4 Å². The summed E-state index contributed by atoms with van der Waals surface area (Å²) >= 11 is 0. The Bertz CT molecular complexity index is 964. The number of benzene rings is 1. The van der Waals surface area contributed by atoms with Crippen LogP contribution in [0.25, 0.3) is 11.1 Å². The van der Waals surface area contributed by atoms with Gasteiger partial charge in [0.05, 0.1) is 11.8 Å². The Morgan fingerprint density at radius 1 is 1.21 bits per heavy atom. The third kappa shape index (κ3) is 4.13. The summed E-state index contributed by atoms with van der Waals surface area (Å²) < 4.78 is 0. The molecule has 3 heterocycles. The van der Waals surface area contributed by atoms with E-state index in [2.05, 4.69) is 56.7 Å². The number of carbonyl (C=O) groups is 1. The first-order chi connectivity index (χ1) is 14.2. The summed E-state index contributed by atoms with van der Waals surface area (Å²) in [7, 11) is 0. The number of hydrogen-bond acceptors (Lipinski definition) is 5. The number of aromatic nitrogens is 4. The van der Waals surface area contributed by atoms with Gasteiger partial charge in [0.1, 0.15) is 0 Å².